The van der Waals surface area contributed by atoms with Crippen LogP contribution in [0.25, 0.3) is 0 Å². The fourth-order valence-electron chi connectivity index (χ4n) is 2.94. The van der Waals surface area contributed by atoms with Gasteiger partial charge in [-0.15, -0.1) is 12.4 Å². The predicted molar refractivity (Wildman–Crippen MR) is 94.5 cm³/mol. The Labute approximate surface area is 143 Å². The zero-order valence-electron chi connectivity index (χ0n) is 13.7. The standard InChI is InChI=1S/C17H25N3O2.ClH/c1-12(15(21)20-13-8-4-3-5-9-13)19-16(22)14-10-6-7-11-17(14,2)18;/h3-5,8-9,12,14H,6-7,10-11,18H2,1-2H3,(H,19,22)(H,20,21);1H. The summed E-state index contributed by atoms with van der Waals surface area (Å²) in [6, 6.07) is 8.60. The molecule has 4 N–H and O–H groups in total. The summed E-state index contributed by atoms with van der Waals surface area (Å²) in [5.74, 6) is -0.581. The molecule has 1 fully saturated rings. The molecular weight excluding hydrogens is 314 g/mol. The number of halogens is 1. The Bertz CT molecular complexity index is 534. The zero-order chi connectivity index (χ0) is 16.2. The van der Waals surface area contributed by atoms with Gasteiger partial charge in [0.25, 0.3) is 0 Å². The zero-order valence-corrected chi connectivity index (χ0v) is 14.5. The van der Waals surface area contributed by atoms with Crippen LogP contribution in [0.1, 0.15) is 39.5 Å². The summed E-state index contributed by atoms with van der Waals surface area (Å²) in [5, 5.41) is 5.58. The van der Waals surface area contributed by atoms with Gasteiger partial charge in [-0.3, -0.25) is 9.59 Å². The van der Waals surface area contributed by atoms with Crippen LogP contribution in [0.5, 0.6) is 0 Å². The van der Waals surface area contributed by atoms with Crippen molar-refractivity contribution >= 4 is 29.9 Å². The molecule has 128 valence electrons. The van der Waals surface area contributed by atoms with Gasteiger partial charge in [0.1, 0.15) is 6.04 Å². The second-order valence-corrected chi connectivity index (χ2v) is 6.39. The fraction of sp³-hybridized carbons (Fsp3) is 0.529. The second-order valence-electron chi connectivity index (χ2n) is 6.39. The normalized spacial score (nSPS) is 24.9. The van der Waals surface area contributed by atoms with Crippen molar-refractivity contribution in [3.63, 3.8) is 0 Å². The van der Waals surface area contributed by atoms with Crippen molar-refractivity contribution < 1.29 is 9.59 Å². The highest BCUT2D eigenvalue weighted by Gasteiger charge is 2.38. The molecule has 0 bridgehead atoms. The van der Waals surface area contributed by atoms with E-state index in [1.54, 1.807) is 6.92 Å². The molecule has 1 aliphatic rings. The van der Waals surface area contributed by atoms with E-state index in [2.05, 4.69) is 10.6 Å². The quantitative estimate of drug-likeness (QED) is 0.787. The first-order valence-electron chi connectivity index (χ1n) is 7.85. The lowest BCUT2D eigenvalue weighted by Gasteiger charge is -2.37. The van der Waals surface area contributed by atoms with Crippen LogP contribution in [-0.4, -0.2) is 23.4 Å². The monoisotopic (exact) mass is 339 g/mol. The first-order valence-corrected chi connectivity index (χ1v) is 7.85. The van der Waals surface area contributed by atoms with Gasteiger partial charge in [-0.05, 0) is 38.8 Å². The van der Waals surface area contributed by atoms with E-state index in [0.29, 0.717) is 0 Å². The average molecular weight is 340 g/mol. The molecule has 1 saturated carbocycles. The van der Waals surface area contributed by atoms with E-state index in [-0.39, 0.29) is 30.1 Å². The van der Waals surface area contributed by atoms with E-state index in [4.69, 9.17) is 5.73 Å². The van der Waals surface area contributed by atoms with Gasteiger partial charge in [0, 0.05) is 11.2 Å². The maximum Gasteiger partial charge on any atom is 0.246 e. The number of hydrogen-bond acceptors (Lipinski definition) is 3. The minimum absolute atomic E-state index is 0. The smallest absolute Gasteiger partial charge is 0.246 e. The molecule has 3 atom stereocenters. The lowest BCUT2D eigenvalue weighted by atomic mass is 9.74. The number of nitrogens with one attached hydrogen (secondary N) is 2. The van der Waals surface area contributed by atoms with Crippen molar-refractivity contribution in [2.75, 3.05) is 5.32 Å². The van der Waals surface area contributed by atoms with Crippen molar-refractivity contribution in [1.29, 1.82) is 0 Å². The van der Waals surface area contributed by atoms with Crippen molar-refractivity contribution in [1.82, 2.24) is 5.32 Å². The number of carbonyl (C=O) groups excluding carboxylic acids is 2. The summed E-state index contributed by atoms with van der Waals surface area (Å²) in [5.41, 5.74) is 6.47. The number of anilines is 1. The third kappa shape index (κ3) is 5.22. The number of hydrogen-bond donors (Lipinski definition) is 3. The number of carbonyl (C=O) groups is 2. The van der Waals surface area contributed by atoms with Crippen LogP contribution in [0.15, 0.2) is 30.3 Å². The molecule has 2 rings (SSSR count). The molecule has 0 aromatic heterocycles. The highest BCUT2D eigenvalue weighted by molar-refractivity contribution is 5.97. The molecule has 0 radical (unpaired) electrons. The molecule has 23 heavy (non-hydrogen) atoms. The van der Waals surface area contributed by atoms with Crippen molar-refractivity contribution in [2.24, 2.45) is 11.7 Å². The van der Waals surface area contributed by atoms with Gasteiger partial charge in [0.2, 0.25) is 11.8 Å². The van der Waals surface area contributed by atoms with Crippen molar-refractivity contribution in [3.05, 3.63) is 30.3 Å². The maximum absolute atomic E-state index is 12.4. The Morgan fingerprint density at radius 2 is 1.91 bits per heavy atom. The first-order chi connectivity index (χ1) is 10.4. The molecule has 2 amide bonds. The number of amides is 2. The molecule has 1 aromatic rings. The van der Waals surface area contributed by atoms with Gasteiger partial charge in [0.05, 0.1) is 5.92 Å². The Hall–Kier alpha value is -1.59. The molecule has 1 aromatic carbocycles. The molecule has 0 spiro atoms. The number of benzene rings is 1. The molecule has 0 saturated heterocycles. The van der Waals surface area contributed by atoms with Gasteiger partial charge < -0.3 is 16.4 Å². The fourth-order valence-corrected chi connectivity index (χ4v) is 2.94. The Kier molecular flexibility index (Phi) is 7.03. The van der Waals surface area contributed by atoms with E-state index in [9.17, 15) is 9.59 Å². The largest absolute Gasteiger partial charge is 0.344 e. The van der Waals surface area contributed by atoms with Crippen LogP contribution < -0.4 is 16.4 Å². The van der Waals surface area contributed by atoms with Crippen LogP contribution in [-0.2, 0) is 9.59 Å². The SMILES string of the molecule is CC(NC(=O)C1CCCCC1(C)N)C(=O)Nc1ccccc1.Cl. The molecule has 5 nitrogen and oxygen atoms in total. The number of para-hydroxylation sites is 1. The highest BCUT2D eigenvalue weighted by Crippen LogP contribution is 2.31. The lowest BCUT2D eigenvalue weighted by molar-refractivity contribution is -0.131. The molecule has 0 aliphatic heterocycles. The first kappa shape index (κ1) is 19.5. The van der Waals surface area contributed by atoms with Crippen LogP contribution >= 0.6 is 12.4 Å². The maximum atomic E-state index is 12.4. The lowest BCUT2D eigenvalue weighted by Crippen LogP contribution is -2.55. The van der Waals surface area contributed by atoms with Gasteiger partial charge in [0.15, 0.2) is 0 Å². The van der Waals surface area contributed by atoms with Gasteiger partial charge >= 0.3 is 0 Å². The van der Waals surface area contributed by atoms with E-state index in [1.165, 1.54) is 0 Å². The number of rotatable bonds is 4. The van der Waals surface area contributed by atoms with Gasteiger partial charge in [-0.2, -0.15) is 0 Å². The van der Waals surface area contributed by atoms with Crippen molar-refractivity contribution in [3.8, 4) is 0 Å². The summed E-state index contributed by atoms with van der Waals surface area (Å²) in [6.45, 7) is 3.61. The summed E-state index contributed by atoms with van der Waals surface area (Å²) >= 11 is 0. The second kappa shape index (κ2) is 8.31. The molecule has 3 unspecified atom stereocenters. The van der Waals surface area contributed by atoms with Crippen LogP contribution in [0, 0.1) is 5.92 Å². The summed E-state index contributed by atoms with van der Waals surface area (Å²) in [4.78, 5) is 24.5. The summed E-state index contributed by atoms with van der Waals surface area (Å²) < 4.78 is 0. The van der Waals surface area contributed by atoms with Gasteiger partial charge in [-0.25, -0.2) is 0 Å². The van der Waals surface area contributed by atoms with Crippen LogP contribution in [0.3, 0.4) is 0 Å². The molecule has 6 heteroatoms. The highest BCUT2D eigenvalue weighted by atomic mass is 35.5. The molecular formula is C17H26ClN3O2. The molecule has 0 heterocycles. The third-order valence-electron chi connectivity index (χ3n) is 4.36. The van der Waals surface area contributed by atoms with E-state index in [0.717, 1.165) is 31.4 Å². The third-order valence-corrected chi connectivity index (χ3v) is 4.36. The Morgan fingerprint density at radius 1 is 1.26 bits per heavy atom. The minimum Gasteiger partial charge on any atom is -0.344 e. The summed E-state index contributed by atoms with van der Waals surface area (Å²) in [7, 11) is 0. The van der Waals surface area contributed by atoms with E-state index in [1.807, 2.05) is 37.3 Å². The Balaban J connectivity index is 0.00000264. The van der Waals surface area contributed by atoms with E-state index < -0.39 is 11.6 Å². The van der Waals surface area contributed by atoms with Crippen LogP contribution in [0.4, 0.5) is 5.69 Å². The minimum atomic E-state index is -0.592. The topological polar surface area (TPSA) is 84.2 Å². The summed E-state index contributed by atoms with van der Waals surface area (Å²) in [6.07, 6.45) is 3.69. The predicted octanol–water partition coefficient (Wildman–Crippen LogP) is 2.46. The Morgan fingerprint density at radius 3 is 2.52 bits per heavy atom. The van der Waals surface area contributed by atoms with Crippen molar-refractivity contribution in [2.45, 2.75) is 51.1 Å². The average Bonchev–Trinajstić information content (AvgIpc) is 2.47. The number of nitrogens with two attached hydrogens (primary N) is 1. The van der Waals surface area contributed by atoms with Crippen LogP contribution in [0.2, 0.25) is 0 Å². The van der Waals surface area contributed by atoms with Gasteiger partial charge in [-0.1, -0.05) is 31.0 Å². The van der Waals surface area contributed by atoms with E-state index >= 15 is 0 Å². The molecule has 1 aliphatic carbocycles.